The van der Waals surface area contributed by atoms with E-state index in [1.165, 1.54) is 18.4 Å². The van der Waals surface area contributed by atoms with Gasteiger partial charge in [0.2, 0.25) is 0 Å². The Balaban J connectivity index is 3.65. The molecule has 0 radical (unpaired) electrons. The minimum absolute atomic E-state index is 1.17. The van der Waals surface area contributed by atoms with Crippen LogP contribution in [0.4, 0.5) is 0 Å². The minimum Gasteiger partial charge on any atom is -0.0991 e. The molecule has 0 spiro atoms. The number of allylic oxidation sites excluding steroid dienone is 5. The lowest BCUT2D eigenvalue weighted by molar-refractivity contribution is 0.957. The fourth-order valence-corrected chi connectivity index (χ4v) is 0.677. The van der Waals surface area contributed by atoms with Crippen LogP contribution in [0.3, 0.4) is 0 Å². The molecule has 0 unspecified atom stereocenters. The lowest BCUT2D eigenvalue weighted by Crippen LogP contribution is -1.66. The molecule has 0 bridgehead atoms. The molecular formula is C10H16. The maximum absolute atomic E-state index is 3.62. The first-order valence-electron chi connectivity index (χ1n) is 3.77. The molecule has 0 aliphatic heterocycles. The van der Waals surface area contributed by atoms with Gasteiger partial charge in [-0.2, -0.15) is 0 Å². The Morgan fingerprint density at radius 3 is 2.70 bits per heavy atom. The zero-order valence-electron chi connectivity index (χ0n) is 6.93. The number of hydrogen-bond acceptors (Lipinski definition) is 0. The number of unbranched alkanes of at least 4 members (excludes halogenated alkanes) is 1. The summed E-state index contributed by atoms with van der Waals surface area (Å²) >= 11 is 0. The topological polar surface area (TPSA) is 0 Å². The summed E-state index contributed by atoms with van der Waals surface area (Å²) in [4.78, 5) is 0. The molecule has 0 amide bonds. The van der Waals surface area contributed by atoms with Gasteiger partial charge in [0.15, 0.2) is 0 Å². The molecule has 0 fully saturated rings. The first-order valence-corrected chi connectivity index (χ1v) is 3.77. The lowest BCUT2D eigenvalue weighted by atomic mass is 10.2. The molecule has 0 aromatic heterocycles. The third kappa shape index (κ3) is 5.36. The van der Waals surface area contributed by atoms with Gasteiger partial charge < -0.3 is 0 Å². The highest BCUT2D eigenvalue weighted by Gasteiger charge is 1.76. The van der Waals surface area contributed by atoms with Gasteiger partial charge in [0.1, 0.15) is 0 Å². The molecule has 56 valence electrons. The Bertz CT molecular complexity index is 138. The summed E-state index contributed by atoms with van der Waals surface area (Å²) in [5, 5.41) is 0. The Kier molecular flexibility index (Phi) is 5.85. The van der Waals surface area contributed by atoms with Crippen molar-refractivity contribution in [2.24, 2.45) is 0 Å². The Labute approximate surface area is 64.0 Å². The van der Waals surface area contributed by atoms with E-state index in [2.05, 4.69) is 32.6 Å². The predicted octanol–water partition coefficient (Wildman–Crippen LogP) is 3.48. The molecule has 10 heavy (non-hydrogen) atoms. The van der Waals surface area contributed by atoms with Crippen LogP contribution < -0.4 is 0 Å². The highest BCUT2D eigenvalue weighted by atomic mass is 13.8. The third-order valence-electron chi connectivity index (χ3n) is 1.22. The second-order valence-corrected chi connectivity index (χ2v) is 2.34. The lowest BCUT2D eigenvalue weighted by Gasteiger charge is -1.87. The van der Waals surface area contributed by atoms with Gasteiger partial charge >= 0.3 is 0 Å². The molecule has 0 nitrogen and oxygen atoms in total. The van der Waals surface area contributed by atoms with Gasteiger partial charge in [-0.1, -0.05) is 49.8 Å². The summed E-state index contributed by atoms with van der Waals surface area (Å²) in [5.74, 6) is 0. The molecule has 0 aliphatic carbocycles. The minimum atomic E-state index is 1.17. The second kappa shape index (κ2) is 6.34. The molecule has 0 N–H and O–H groups in total. The van der Waals surface area contributed by atoms with Gasteiger partial charge in [0.25, 0.3) is 0 Å². The van der Waals surface area contributed by atoms with E-state index in [1.54, 1.807) is 0 Å². The van der Waals surface area contributed by atoms with Gasteiger partial charge in [-0.3, -0.25) is 0 Å². The van der Waals surface area contributed by atoms with Crippen LogP contribution in [0, 0.1) is 0 Å². The summed E-state index contributed by atoms with van der Waals surface area (Å²) in [6.45, 7) is 7.87. The van der Waals surface area contributed by atoms with Crippen LogP contribution in [-0.4, -0.2) is 0 Å². The van der Waals surface area contributed by atoms with Crippen LogP contribution in [0.15, 0.2) is 36.5 Å². The number of hydrogen-bond donors (Lipinski definition) is 0. The van der Waals surface area contributed by atoms with Crippen LogP contribution in [-0.2, 0) is 0 Å². The van der Waals surface area contributed by atoms with Crippen molar-refractivity contribution in [3.05, 3.63) is 36.5 Å². The summed E-state index contributed by atoms with van der Waals surface area (Å²) in [6.07, 6.45) is 10.5. The fourth-order valence-electron chi connectivity index (χ4n) is 0.677. The zero-order valence-corrected chi connectivity index (χ0v) is 6.93. The first-order chi connectivity index (χ1) is 4.81. The van der Waals surface area contributed by atoms with Crippen molar-refractivity contribution in [1.82, 2.24) is 0 Å². The van der Waals surface area contributed by atoms with E-state index in [0.717, 1.165) is 0 Å². The summed E-state index contributed by atoms with van der Waals surface area (Å²) in [7, 11) is 0. The standard InChI is InChI=1S/C10H16/c1-4-6-7-9-10(3)8-5-2/h5,7-9H,2,4,6H2,1,3H3/b9-7-,10-8-. The van der Waals surface area contributed by atoms with Crippen molar-refractivity contribution in [2.45, 2.75) is 26.7 Å². The molecule has 0 saturated carbocycles. The van der Waals surface area contributed by atoms with E-state index >= 15 is 0 Å². The van der Waals surface area contributed by atoms with E-state index in [1.807, 2.05) is 12.2 Å². The molecule has 0 aromatic carbocycles. The quantitative estimate of drug-likeness (QED) is 0.519. The highest BCUT2D eigenvalue weighted by molar-refractivity contribution is 5.20. The first kappa shape index (κ1) is 9.22. The Morgan fingerprint density at radius 1 is 1.50 bits per heavy atom. The van der Waals surface area contributed by atoms with Crippen molar-refractivity contribution in [2.75, 3.05) is 0 Å². The van der Waals surface area contributed by atoms with E-state index < -0.39 is 0 Å². The van der Waals surface area contributed by atoms with E-state index in [9.17, 15) is 0 Å². The van der Waals surface area contributed by atoms with Crippen molar-refractivity contribution < 1.29 is 0 Å². The van der Waals surface area contributed by atoms with Crippen LogP contribution in [0.25, 0.3) is 0 Å². The van der Waals surface area contributed by atoms with Gasteiger partial charge in [-0.25, -0.2) is 0 Å². The van der Waals surface area contributed by atoms with Gasteiger partial charge in [-0.15, -0.1) is 0 Å². The molecule has 0 atom stereocenters. The van der Waals surface area contributed by atoms with E-state index in [-0.39, 0.29) is 0 Å². The van der Waals surface area contributed by atoms with E-state index in [0.29, 0.717) is 0 Å². The SMILES string of the molecule is C=C/C=C(C)\C=C/CCC. The number of rotatable bonds is 4. The smallest absolute Gasteiger partial charge is 0.0350 e. The summed E-state index contributed by atoms with van der Waals surface area (Å²) < 4.78 is 0. The largest absolute Gasteiger partial charge is 0.0991 e. The van der Waals surface area contributed by atoms with Crippen molar-refractivity contribution >= 4 is 0 Å². The highest BCUT2D eigenvalue weighted by Crippen LogP contribution is 1.97. The second-order valence-electron chi connectivity index (χ2n) is 2.34. The molecule has 0 saturated heterocycles. The van der Waals surface area contributed by atoms with Crippen molar-refractivity contribution in [3.8, 4) is 0 Å². The van der Waals surface area contributed by atoms with Crippen LogP contribution in [0.5, 0.6) is 0 Å². The Hall–Kier alpha value is -0.780. The van der Waals surface area contributed by atoms with Crippen LogP contribution in [0.1, 0.15) is 26.7 Å². The zero-order chi connectivity index (χ0) is 7.82. The maximum atomic E-state index is 3.62. The average Bonchev–Trinajstić information content (AvgIpc) is 1.89. The van der Waals surface area contributed by atoms with Gasteiger partial charge in [0.05, 0.1) is 0 Å². The third-order valence-corrected chi connectivity index (χ3v) is 1.22. The van der Waals surface area contributed by atoms with Crippen molar-refractivity contribution in [3.63, 3.8) is 0 Å². The van der Waals surface area contributed by atoms with Crippen LogP contribution in [0.2, 0.25) is 0 Å². The molecule has 0 heteroatoms. The normalized spacial score (nSPS) is 12.4. The molecular weight excluding hydrogens is 120 g/mol. The predicted molar refractivity (Wildman–Crippen MR) is 48.0 cm³/mol. The average molecular weight is 136 g/mol. The van der Waals surface area contributed by atoms with Crippen LogP contribution >= 0.6 is 0 Å². The maximum Gasteiger partial charge on any atom is -0.0350 e. The van der Waals surface area contributed by atoms with Gasteiger partial charge in [0, 0.05) is 0 Å². The molecule has 0 rings (SSSR count). The molecule has 0 heterocycles. The van der Waals surface area contributed by atoms with Gasteiger partial charge in [-0.05, 0) is 13.3 Å². The Morgan fingerprint density at radius 2 is 2.20 bits per heavy atom. The summed E-state index contributed by atoms with van der Waals surface area (Å²) in [5.41, 5.74) is 1.27. The fraction of sp³-hybridized carbons (Fsp3) is 0.400. The summed E-state index contributed by atoms with van der Waals surface area (Å²) in [6, 6.07) is 0. The molecule has 0 aliphatic rings. The van der Waals surface area contributed by atoms with E-state index in [4.69, 9.17) is 0 Å². The monoisotopic (exact) mass is 136 g/mol. The van der Waals surface area contributed by atoms with Crippen molar-refractivity contribution in [1.29, 1.82) is 0 Å². The molecule has 0 aromatic rings.